The van der Waals surface area contributed by atoms with E-state index in [9.17, 15) is 0 Å². The smallest absolute Gasteiger partial charge is 0.121 e. The Hall–Kier alpha value is -0.990. The lowest BCUT2D eigenvalue weighted by atomic mass is 10.3. The highest BCUT2D eigenvalue weighted by Crippen LogP contribution is 2.16. The van der Waals surface area contributed by atoms with Crippen LogP contribution < -0.4 is 10.2 Å². The predicted molar refractivity (Wildman–Crippen MR) is 76.1 cm³/mol. The number of benzene rings is 1. The molecule has 1 saturated heterocycles. The van der Waals surface area contributed by atoms with Crippen molar-refractivity contribution in [2.24, 2.45) is 0 Å². The van der Waals surface area contributed by atoms with Crippen molar-refractivity contribution in [1.29, 1.82) is 0 Å². The van der Waals surface area contributed by atoms with Gasteiger partial charge in [-0.15, -0.1) is 9.32 Å². The van der Waals surface area contributed by atoms with E-state index in [1.165, 1.54) is 0 Å². The van der Waals surface area contributed by atoms with Gasteiger partial charge in [-0.05, 0) is 19.2 Å². The third-order valence-corrected chi connectivity index (χ3v) is 2.58. The maximum atomic E-state index is 5.10. The molecule has 0 saturated carbocycles. The van der Waals surface area contributed by atoms with Gasteiger partial charge in [-0.3, -0.25) is 0 Å². The Kier molecular flexibility index (Phi) is 8.35. The number of thiol groups is 1. The number of nitrogens with one attached hydrogen (secondary N) is 1. The van der Waals surface area contributed by atoms with E-state index in [0.29, 0.717) is 0 Å². The molecule has 0 bridgehead atoms. The lowest BCUT2D eigenvalue weighted by Gasteiger charge is -2.21. The second kappa shape index (κ2) is 9.88. The first kappa shape index (κ1) is 16.1. The molecule has 0 radical (unpaired) electrons. The third-order valence-electron chi connectivity index (χ3n) is 2.50. The molecule has 1 aliphatic rings. The minimum atomic E-state index is 0.725. The molecule has 1 fully saturated rings. The average molecular weight is 288 g/mol. The third kappa shape index (κ3) is 7.24. The summed E-state index contributed by atoms with van der Waals surface area (Å²) < 4.78 is 14.1. The predicted octanol–water partition coefficient (Wildman–Crippen LogP) is 1.76. The summed E-state index contributed by atoms with van der Waals surface area (Å²) in [5.74, 6) is 0.739. The van der Waals surface area contributed by atoms with Gasteiger partial charge in [0.25, 0.3) is 0 Å². The van der Waals surface area contributed by atoms with Crippen LogP contribution >= 0.6 is 12.9 Å². The number of rotatable bonds is 4. The Balaban J connectivity index is 0.000000218. The molecule has 7 heteroatoms. The van der Waals surface area contributed by atoms with Gasteiger partial charge < -0.3 is 14.4 Å². The summed E-state index contributed by atoms with van der Waals surface area (Å²) >= 11 is 3.38. The van der Waals surface area contributed by atoms with E-state index in [2.05, 4.69) is 39.7 Å². The maximum absolute atomic E-state index is 5.10. The molecule has 1 heterocycles. The molecular formula is C12H20N2O4S. The zero-order valence-electron chi connectivity index (χ0n) is 11.2. The largest absolute Gasteiger partial charge is 0.497 e. The van der Waals surface area contributed by atoms with Crippen LogP contribution in [0.2, 0.25) is 0 Å². The molecule has 0 aromatic heterocycles. The Bertz CT molecular complexity index is 348. The van der Waals surface area contributed by atoms with Crippen LogP contribution in [0, 0.1) is 0 Å². The molecule has 0 atom stereocenters. The van der Waals surface area contributed by atoms with Crippen molar-refractivity contribution >= 4 is 18.6 Å². The van der Waals surface area contributed by atoms with Gasteiger partial charge in [0, 0.05) is 32.1 Å². The first-order valence-electron chi connectivity index (χ1n) is 5.89. The highest BCUT2D eigenvalue weighted by Gasteiger charge is 2.02. The Morgan fingerprint density at radius 1 is 1.32 bits per heavy atom. The summed E-state index contributed by atoms with van der Waals surface area (Å²) in [7, 11) is 3.71. The summed E-state index contributed by atoms with van der Waals surface area (Å²) in [5.41, 5.74) is 3.22. The first-order valence-corrected chi connectivity index (χ1v) is 6.26. The van der Waals surface area contributed by atoms with Crippen LogP contribution in [0.5, 0.6) is 5.75 Å². The summed E-state index contributed by atoms with van der Waals surface area (Å²) in [4.78, 5) is 6.65. The van der Waals surface area contributed by atoms with Crippen LogP contribution in [0.4, 0.5) is 5.69 Å². The van der Waals surface area contributed by atoms with Crippen LogP contribution in [0.1, 0.15) is 0 Å². The van der Waals surface area contributed by atoms with Crippen molar-refractivity contribution in [3.63, 3.8) is 0 Å². The Labute approximate surface area is 119 Å². The molecule has 0 amide bonds. The molecule has 108 valence electrons. The summed E-state index contributed by atoms with van der Waals surface area (Å²) in [5, 5.41) is 0. The molecular weight excluding hydrogens is 268 g/mol. The van der Waals surface area contributed by atoms with Gasteiger partial charge in [0.05, 0.1) is 26.0 Å². The Morgan fingerprint density at radius 2 is 2.05 bits per heavy atom. The number of morpholine rings is 1. The minimum absolute atomic E-state index is 0.725. The van der Waals surface area contributed by atoms with Crippen LogP contribution in [0.3, 0.4) is 0 Å². The molecule has 1 aromatic carbocycles. The maximum Gasteiger partial charge on any atom is 0.121 e. The first-order chi connectivity index (χ1) is 9.26. The SMILES string of the molecule is CN1CCOCC1.COc1cccc(NOOS)c1. The number of anilines is 1. The highest BCUT2D eigenvalue weighted by atomic mass is 32.1. The van der Waals surface area contributed by atoms with Crippen molar-refractivity contribution in [3.05, 3.63) is 24.3 Å². The number of hydrogen-bond donors (Lipinski definition) is 2. The van der Waals surface area contributed by atoms with Crippen molar-refractivity contribution in [3.8, 4) is 5.75 Å². The van der Waals surface area contributed by atoms with Crippen LogP contribution in [-0.2, 0) is 14.1 Å². The fourth-order valence-corrected chi connectivity index (χ4v) is 1.45. The number of hydrogen-bond acceptors (Lipinski definition) is 7. The summed E-state index contributed by atoms with van der Waals surface area (Å²) in [6.45, 7) is 4.02. The van der Waals surface area contributed by atoms with Gasteiger partial charge in [0.2, 0.25) is 0 Å². The molecule has 1 aliphatic heterocycles. The zero-order chi connectivity index (χ0) is 13.9. The average Bonchev–Trinajstić information content (AvgIpc) is 2.47. The van der Waals surface area contributed by atoms with E-state index in [1.807, 2.05) is 12.1 Å². The molecule has 6 nitrogen and oxygen atoms in total. The molecule has 19 heavy (non-hydrogen) atoms. The highest BCUT2D eigenvalue weighted by molar-refractivity contribution is 7.74. The van der Waals surface area contributed by atoms with E-state index in [1.54, 1.807) is 19.2 Å². The lowest BCUT2D eigenvalue weighted by Crippen LogP contribution is -2.32. The fraction of sp³-hybridized carbons (Fsp3) is 0.500. The standard InChI is InChI=1S/C7H9NO3S.C5H11NO/c1-9-7-4-2-3-6(5-7)8-10-11-12;1-6-2-4-7-5-3-6/h2-5,8,12H,1H3;2-5H2,1H3. The van der Waals surface area contributed by atoms with E-state index < -0.39 is 0 Å². The van der Waals surface area contributed by atoms with Gasteiger partial charge >= 0.3 is 0 Å². The minimum Gasteiger partial charge on any atom is -0.497 e. The van der Waals surface area contributed by atoms with Crippen molar-refractivity contribution < 1.29 is 18.8 Å². The quantitative estimate of drug-likeness (QED) is 0.381. The van der Waals surface area contributed by atoms with Gasteiger partial charge in [0.1, 0.15) is 5.75 Å². The normalized spacial score (nSPS) is 15.3. The molecule has 1 aromatic rings. The Morgan fingerprint density at radius 3 is 2.58 bits per heavy atom. The molecule has 2 rings (SSSR count). The summed E-state index contributed by atoms with van der Waals surface area (Å²) in [6, 6.07) is 7.21. The molecule has 0 unspecified atom stereocenters. The van der Waals surface area contributed by atoms with Crippen LogP contribution in [-0.4, -0.2) is 45.4 Å². The molecule has 1 N–H and O–H groups in total. The topological polar surface area (TPSA) is 52.2 Å². The van der Waals surface area contributed by atoms with E-state index in [0.717, 1.165) is 37.7 Å². The van der Waals surface area contributed by atoms with Crippen molar-refractivity contribution in [2.45, 2.75) is 0 Å². The van der Waals surface area contributed by atoms with Crippen LogP contribution in [0.25, 0.3) is 0 Å². The number of nitrogens with zero attached hydrogens (tertiary/aromatic N) is 1. The van der Waals surface area contributed by atoms with E-state index in [4.69, 9.17) is 9.47 Å². The zero-order valence-corrected chi connectivity index (χ0v) is 12.1. The van der Waals surface area contributed by atoms with E-state index in [-0.39, 0.29) is 0 Å². The number of ether oxygens (including phenoxy) is 2. The van der Waals surface area contributed by atoms with E-state index >= 15 is 0 Å². The molecule has 0 aliphatic carbocycles. The fourth-order valence-electron chi connectivity index (χ4n) is 1.41. The second-order valence-corrected chi connectivity index (χ2v) is 4.06. The van der Waals surface area contributed by atoms with Crippen LogP contribution in [0.15, 0.2) is 24.3 Å². The monoisotopic (exact) mass is 288 g/mol. The van der Waals surface area contributed by atoms with Gasteiger partial charge in [-0.2, -0.15) is 0 Å². The second-order valence-electron chi connectivity index (χ2n) is 3.91. The summed E-state index contributed by atoms with van der Waals surface area (Å²) in [6.07, 6.45) is 0. The number of methoxy groups -OCH3 is 1. The van der Waals surface area contributed by atoms with Gasteiger partial charge in [-0.1, -0.05) is 6.07 Å². The van der Waals surface area contributed by atoms with Crippen molar-refractivity contribution in [1.82, 2.24) is 4.90 Å². The van der Waals surface area contributed by atoms with Gasteiger partial charge in [-0.25, -0.2) is 5.48 Å². The molecule has 0 spiro atoms. The lowest BCUT2D eigenvalue weighted by molar-refractivity contribution is -0.158. The van der Waals surface area contributed by atoms with Gasteiger partial charge in [0.15, 0.2) is 0 Å². The van der Waals surface area contributed by atoms with Crippen molar-refractivity contribution in [2.75, 3.05) is 45.9 Å². The number of likely N-dealkylation sites (N-methyl/N-ethyl adjacent to an activating group) is 1.